The number of rotatable bonds is 4. The van der Waals surface area contributed by atoms with Gasteiger partial charge in [-0.05, 0) is 24.3 Å². The summed E-state index contributed by atoms with van der Waals surface area (Å²) in [6.07, 6.45) is 8.24. The second-order valence-corrected chi connectivity index (χ2v) is 13.1. The van der Waals surface area contributed by atoms with E-state index in [1.807, 2.05) is 24.3 Å². The molecule has 53 heavy (non-hydrogen) atoms. The Kier molecular flexibility index (Phi) is 8.74. The van der Waals surface area contributed by atoms with Gasteiger partial charge in [-0.1, -0.05) is 48.5 Å². The Morgan fingerprint density at radius 1 is 0.302 bits per heavy atom. The summed E-state index contributed by atoms with van der Waals surface area (Å²) in [4.78, 5) is 21.5. The normalized spacial score (nSPS) is 16.7. The Morgan fingerprint density at radius 3 is 0.774 bits per heavy atom. The molecule has 9 rings (SSSR count). The Bertz CT molecular complexity index is 2530. The van der Waals surface area contributed by atoms with Gasteiger partial charge in [0.15, 0.2) is 24.8 Å². The maximum atomic E-state index is 5.38. The van der Waals surface area contributed by atoms with Gasteiger partial charge in [0.2, 0.25) is 22.8 Å². The third-order valence-electron chi connectivity index (χ3n) is 9.85. The molecule has 9 heteroatoms. The molecule has 1 aliphatic heterocycles. The zero-order valence-corrected chi connectivity index (χ0v) is 31.0. The van der Waals surface area contributed by atoms with Gasteiger partial charge in [0.05, 0.1) is 0 Å². The minimum atomic E-state index is 0. The maximum Gasteiger partial charge on any atom is 0.209 e. The molecule has 9 heterocycles. The predicted octanol–water partition coefficient (Wildman–Crippen LogP) is 0.114. The Balaban J connectivity index is 0.00000400. The van der Waals surface area contributed by atoms with Crippen LogP contribution in [0.1, 0.15) is 45.6 Å². The van der Waals surface area contributed by atoms with Crippen molar-refractivity contribution in [3.63, 3.8) is 0 Å². The monoisotopic (exact) mass is 731 g/mol. The Labute approximate surface area is 317 Å². The Morgan fingerprint density at radius 2 is 0.547 bits per heavy atom. The van der Waals surface area contributed by atoms with E-state index in [0.717, 1.165) is 89.2 Å². The molecular formula is C44H36MnN8. The summed E-state index contributed by atoms with van der Waals surface area (Å²) in [6.45, 7) is 0. The van der Waals surface area contributed by atoms with Gasteiger partial charge in [-0.2, -0.15) is 0 Å². The molecule has 8 bridgehead atoms. The Hall–Kier alpha value is -6.28. The van der Waals surface area contributed by atoms with Crippen LogP contribution in [0.4, 0.5) is 0 Å². The van der Waals surface area contributed by atoms with E-state index in [9.17, 15) is 0 Å². The van der Waals surface area contributed by atoms with Crippen molar-refractivity contribution in [2.24, 2.45) is 28.2 Å². The first kappa shape index (κ1) is 33.8. The van der Waals surface area contributed by atoms with E-state index >= 15 is 0 Å². The van der Waals surface area contributed by atoms with E-state index in [4.69, 9.17) is 19.9 Å². The molecular weight excluding hydrogens is 695 g/mol. The largest absolute Gasteiger partial charge is 0.657 e. The quantitative estimate of drug-likeness (QED) is 0.191. The second-order valence-electron chi connectivity index (χ2n) is 13.1. The van der Waals surface area contributed by atoms with Crippen molar-refractivity contribution in [2.75, 3.05) is 0 Å². The molecule has 0 fully saturated rings. The van der Waals surface area contributed by atoms with Gasteiger partial charge in [0.1, 0.15) is 28.2 Å². The van der Waals surface area contributed by atoms with Crippen LogP contribution in [0.5, 0.6) is 0 Å². The molecule has 0 saturated carbocycles. The third kappa shape index (κ3) is 5.90. The van der Waals surface area contributed by atoms with E-state index in [2.05, 4.69) is 168 Å². The van der Waals surface area contributed by atoms with E-state index in [1.54, 1.807) is 0 Å². The molecule has 259 valence electrons. The van der Waals surface area contributed by atoms with Crippen LogP contribution in [0.3, 0.4) is 0 Å². The van der Waals surface area contributed by atoms with Crippen LogP contribution in [0.15, 0.2) is 146 Å². The minimum Gasteiger partial charge on any atom is -0.657 e. The van der Waals surface area contributed by atoms with Crippen molar-refractivity contribution in [1.29, 1.82) is 0 Å². The van der Waals surface area contributed by atoms with Crippen LogP contribution < -0.4 is 59.6 Å². The number of aromatic nitrogens is 8. The molecule has 0 spiro atoms. The molecule has 0 aliphatic carbocycles. The molecule has 0 aromatic carbocycles. The van der Waals surface area contributed by atoms with E-state index < -0.39 is 0 Å². The SMILES string of the molecule is C[n+]1ccccc1/C1=c2\cc/c([n-]2)=C(\c2cccc[n+]2C)c2ccc([n-]2)/C(c2cccc[n+]2C)=c2/cc/c([n-]2)=C(\c2cccc[n+]2C)c2ccc1[n-]2.[Mn]. The van der Waals surface area contributed by atoms with E-state index in [1.165, 1.54) is 0 Å². The molecule has 0 N–H and O–H groups in total. The number of aryl methyl sites for hydroxylation is 4. The van der Waals surface area contributed by atoms with Crippen molar-refractivity contribution < 1.29 is 35.3 Å². The zero-order valence-electron chi connectivity index (χ0n) is 29.8. The van der Waals surface area contributed by atoms with Crippen LogP contribution >= 0.6 is 0 Å². The number of hydrogen-bond donors (Lipinski definition) is 0. The third-order valence-corrected chi connectivity index (χ3v) is 9.85. The molecule has 0 amide bonds. The van der Waals surface area contributed by atoms with Crippen molar-refractivity contribution >= 4 is 22.3 Å². The minimum absolute atomic E-state index is 0. The number of pyridine rings is 4. The molecule has 1 aliphatic rings. The smallest absolute Gasteiger partial charge is 0.209 e. The van der Waals surface area contributed by atoms with Gasteiger partial charge in [0, 0.05) is 87.9 Å². The van der Waals surface area contributed by atoms with Gasteiger partial charge in [0.25, 0.3) is 0 Å². The summed E-state index contributed by atoms with van der Waals surface area (Å²) in [5, 5.41) is 3.34. The fourth-order valence-electron chi connectivity index (χ4n) is 7.27. The summed E-state index contributed by atoms with van der Waals surface area (Å²) in [7, 11) is 8.24. The first-order valence-corrected chi connectivity index (χ1v) is 17.3. The fourth-order valence-corrected chi connectivity index (χ4v) is 7.27. The summed E-state index contributed by atoms with van der Waals surface area (Å²) < 4.78 is 8.49. The van der Waals surface area contributed by atoms with Gasteiger partial charge < -0.3 is 19.9 Å². The predicted molar refractivity (Wildman–Crippen MR) is 194 cm³/mol. The van der Waals surface area contributed by atoms with Crippen LogP contribution in [0.25, 0.3) is 22.3 Å². The summed E-state index contributed by atoms with van der Waals surface area (Å²) >= 11 is 0. The second kappa shape index (κ2) is 13.7. The van der Waals surface area contributed by atoms with Crippen LogP contribution in [-0.2, 0) is 45.3 Å². The van der Waals surface area contributed by atoms with Crippen molar-refractivity contribution in [3.8, 4) is 0 Å². The van der Waals surface area contributed by atoms with Gasteiger partial charge in [-0.3, -0.25) is 0 Å². The van der Waals surface area contributed by atoms with E-state index in [-0.39, 0.29) is 17.1 Å². The van der Waals surface area contributed by atoms with Gasteiger partial charge in [-0.15, -0.1) is 44.2 Å². The molecule has 0 unspecified atom stereocenters. The van der Waals surface area contributed by atoms with Crippen LogP contribution in [0, 0.1) is 0 Å². The van der Waals surface area contributed by atoms with E-state index in [0.29, 0.717) is 0 Å². The summed E-state index contributed by atoms with van der Waals surface area (Å²) in [6, 6.07) is 41.7. The maximum absolute atomic E-state index is 5.38. The molecule has 0 saturated heterocycles. The van der Waals surface area contributed by atoms with Crippen molar-refractivity contribution in [3.05, 3.63) is 213 Å². The molecule has 8 nitrogen and oxygen atoms in total. The fraction of sp³-hybridized carbons (Fsp3) is 0.0909. The van der Waals surface area contributed by atoms with Gasteiger partial charge in [-0.25, -0.2) is 18.3 Å². The number of nitrogens with zero attached hydrogens (tertiary/aromatic N) is 8. The average Bonchev–Trinajstić information content (AvgIpc) is 3.99. The molecule has 0 atom stereocenters. The molecule has 1 radical (unpaired) electrons. The first-order chi connectivity index (χ1) is 25.4. The number of fused-ring (bicyclic) bond motifs is 8. The summed E-state index contributed by atoms with van der Waals surface area (Å²) in [5.74, 6) is 0. The van der Waals surface area contributed by atoms with Crippen molar-refractivity contribution in [2.45, 2.75) is 0 Å². The van der Waals surface area contributed by atoms with Crippen molar-refractivity contribution in [1.82, 2.24) is 19.9 Å². The topological polar surface area (TPSA) is 71.9 Å². The standard InChI is InChI=1S/C44H36N8.Mn/c1-49-25-9-5-13-37(49)41-29-17-19-31(45-29)42(38-14-6-10-26-50(38)2)33-21-23-35(47-33)44(40-16-8-12-28-52(40)4)36-24-22-34(48-36)43(32-20-18-30(41)46-32)39-15-7-11-27-51(39)3;/h5-28H,1-4H3;. The average molecular weight is 732 g/mol. The molecule has 8 aromatic heterocycles. The zero-order chi connectivity index (χ0) is 35.3. The number of hydrogen-bond acceptors (Lipinski definition) is 0. The molecule has 8 aromatic rings. The summed E-state index contributed by atoms with van der Waals surface area (Å²) in [5.41, 5.74) is 11.1. The van der Waals surface area contributed by atoms with Gasteiger partial charge >= 0.3 is 0 Å². The van der Waals surface area contributed by atoms with Crippen LogP contribution in [-0.4, -0.2) is 0 Å². The van der Waals surface area contributed by atoms with Crippen LogP contribution in [0.2, 0.25) is 0 Å². The first-order valence-electron chi connectivity index (χ1n) is 17.3.